The summed E-state index contributed by atoms with van der Waals surface area (Å²) in [5, 5.41) is 0. The van der Waals surface area contributed by atoms with E-state index in [1.54, 1.807) is 18.9 Å². The van der Waals surface area contributed by atoms with Crippen LogP contribution in [0.4, 0.5) is 11.5 Å². The van der Waals surface area contributed by atoms with Gasteiger partial charge in [-0.15, -0.1) is 0 Å². The second kappa shape index (κ2) is 11.1. The smallest absolute Gasteiger partial charge is 0.311 e. The highest BCUT2D eigenvalue weighted by molar-refractivity contribution is 7.99. The molecule has 184 valence electrons. The minimum absolute atomic E-state index is 0.0710. The minimum Gasteiger partial charge on any atom is -0.466 e. The lowest BCUT2D eigenvalue weighted by molar-refractivity contribution is -0.154. The van der Waals surface area contributed by atoms with Gasteiger partial charge in [-0.1, -0.05) is 17.8 Å². The Labute approximate surface area is 208 Å². The molecule has 6 nitrogen and oxygen atoms in total. The molecule has 2 aliphatic rings. The molecule has 0 amide bonds. The number of pyridine rings is 1. The van der Waals surface area contributed by atoms with Crippen molar-refractivity contribution in [2.45, 2.75) is 62.8 Å². The van der Waals surface area contributed by atoms with Gasteiger partial charge >= 0.3 is 5.97 Å². The first-order valence-electron chi connectivity index (χ1n) is 12.3. The first kappa shape index (κ1) is 25.0. The molecule has 1 saturated heterocycles. The molecule has 2 aromatic rings. The van der Waals surface area contributed by atoms with Crippen LogP contribution >= 0.6 is 11.8 Å². The molecule has 0 atom stereocenters. The third-order valence-electron chi connectivity index (χ3n) is 6.92. The lowest BCUT2D eigenvalue weighted by atomic mass is 9.82. The highest BCUT2D eigenvalue weighted by Crippen LogP contribution is 2.47. The number of hydrogen-bond donors (Lipinski definition) is 0. The molecule has 0 aliphatic carbocycles. The molecule has 2 aliphatic heterocycles. The maximum atomic E-state index is 12.2. The zero-order valence-corrected chi connectivity index (χ0v) is 21.7. The van der Waals surface area contributed by atoms with Crippen LogP contribution in [0.25, 0.3) is 0 Å². The van der Waals surface area contributed by atoms with Crippen LogP contribution in [0.5, 0.6) is 0 Å². The van der Waals surface area contributed by atoms with E-state index in [-0.39, 0.29) is 5.97 Å². The van der Waals surface area contributed by atoms with E-state index in [4.69, 9.17) is 9.47 Å². The highest BCUT2D eigenvalue weighted by atomic mass is 32.2. The third-order valence-corrected chi connectivity index (χ3v) is 8.02. The van der Waals surface area contributed by atoms with Crippen molar-refractivity contribution in [2.75, 3.05) is 38.4 Å². The fraction of sp³-hybridized carbons (Fsp3) is 0.556. The number of ether oxygens (including phenoxy) is 2. The molecule has 1 aromatic heterocycles. The SMILES string of the molecule is CCOC(=O)C(C)(C)CCC1CCN(Cc2ccc3c(c2)N(COC)c2ncccc2S3)CC1. The predicted molar refractivity (Wildman–Crippen MR) is 136 cm³/mol. The summed E-state index contributed by atoms with van der Waals surface area (Å²) < 4.78 is 10.8. The van der Waals surface area contributed by atoms with Crippen molar-refractivity contribution >= 4 is 29.2 Å². The molecule has 0 spiro atoms. The summed E-state index contributed by atoms with van der Waals surface area (Å²) in [4.78, 5) is 23.9. The van der Waals surface area contributed by atoms with Crippen molar-refractivity contribution in [1.29, 1.82) is 0 Å². The molecular weight excluding hydrogens is 446 g/mol. The Morgan fingerprint density at radius 2 is 2.00 bits per heavy atom. The summed E-state index contributed by atoms with van der Waals surface area (Å²) >= 11 is 1.77. The number of piperidine rings is 1. The second-order valence-electron chi connectivity index (χ2n) is 9.94. The third kappa shape index (κ3) is 5.75. The fourth-order valence-corrected chi connectivity index (χ4v) is 5.85. The van der Waals surface area contributed by atoms with Gasteiger partial charge in [0.1, 0.15) is 12.5 Å². The van der Waals surface area contributed by atoms with Crippen LogP contribution in [-0.4, -0.2) is 49.4 Å². The van der Waals surface area contributed by atoms with Gasteiger partial charge in [0.2, 0.25) is 0 Å². The van der Waals surface area contributed by atoms with Crippen LogP contribution in [0, 0.1) is 11.3 Å². The zero-order valence-electron chi connectivity index (χ0n) is 20.9. The lowest BCUT2D eigenvalue weighted by Crippen LogP contribution is -2.34. The molecule has 0 unspecified atom stereocenters. The first-order chi connectivity index (χ1) is 16.4. The number of esters is 1. The number of carbonyl (C=O) groups excluding carboxylic acids is 1. The summed E-state index contributed by atoms with van der Waals surface area (Å²) in [5.41, 5.74) is 2.10. The Balaban J connectivity index is 1.34. The van der Waals surface area contributed by atoms with Gasteiger partial charge in [0.15, 0.2) is 0 Å². The van der Waals surface area contributed by atoms with Gasteiger partial charge in [-0.05, 0) is 95.3 Å². The minimum atomic E-state index is -0.393. The molecule has 0 bridgehead atoms. The van der Waals surface area contributed by atoms with E-state index in [0.717, 1.165) is 43.2 Å². The predicted octanol–water partition coefficient (Wildman–Crippen LogP) is 5.87. The Bertz CT molecular complexity index is 989. The number of methoxy groups -OCH3 is 1. The monoisotopic (exact) mass is 483 g/mol. The van der Waals surface area contributed by atoms with E-state index < -0.39 is 5.41 Å². The average Bonchev–Trinajstić information content (AvgIpc) is 2.84. The van der Waals surface area contributed by atoms with E-state index in [9.17, 15) is 4.79 Å². The normalized spacial score (nSPS) is 16.8. The standard InChI is InChI=1S/C27H37N3O3S/c1-5-33-26(31)27(2,3)13-10-20-11-15-29(16-12-20)18-21-8-9-23-22(17-21)30(19-32-4)25-24(34-23)7-6-14-28-25/h6-9,14,17,20H,5,10-13,15-16,18-19H2,1-4H3. The number of benzene rings is 1. The van der Waals surface area contributed by atoms with Crippen LogP contribution < -0.4 is 4.90 Å². The molecule has 4 rings (SSSR count). The second-order valence-corrected chi connectivity index (χ2v) is 11.0. The van der Waals surface area contributed by atoms with Gasteiger partial charge in [-0.3, -0.25) is 9.69 Å². The van der Waals surface area contributed by atoms with Gasteiger partial charge in [0.05, 0.1) is 22.6 Å². The van der Waals surface area contributed by atoms with E-state index in [1.165, 1.54) is 29.0 Å². The fourth-order valence-electron chi connectivity index (χ4n) is 4.80. The molecule has 34 heavy (non-hydrogen) atoms. The van der Waals surface area contributed by atoms with E-state index in [1.807, 2.05) is 33.0 Å². The van der Waals surface area contributed by atoms with Crippen molar-refractivity contribution in [2.24, 2.45) is 11.3 Å². The van der Waals surface area contributed by atoms with E-state index in [0.29, 0.717) is 19.3 Å². The molecular formula is C27H37N3O3S. The molecule has 1 aromatic carbocycles. The largest absolute Gasteiger partial charge is 0.466 e. The number of hydrogen-bond acceptors (Lipinski definition) is 7. The number of fused-ring (bicyclic) bond motifs is 2. The van der Waals surface area contributed by atoms with E-state index in [2.05, 4.69) is 39.0 Å². The van der Waals surface area contributed by atoms with Gasteiger partial charge in [-0.2, -0.15) is 0 Å². The highest BCUT2D eigenvalue weighted by Gasteiger charge is 2.31. The van der Waals surface area contributed by atoms with Crippen molar-refractivity contribution in [3.8, 4) is 0 Å². The first-order valence-corrected chi connectivity index (χ1v) is 13.1. The van der Waals surface area contributed by atoms with Gasteiger partial charge in [0.25, 0.3) is 0 Å². The van der Waals surface area contributed by atoms with Crippen molar-refractivity contribution in [1.82, 2.24) is 9.88 Å². The van der Waals surface area contributed by atoms with Crippen molar-refractivity contribution in [3.63, 3.8) is 0 Å². The topological polar surface area (TPSA) is 54.9 Å². The maximum absolute atomic E-state index is 12.2. The zero-order chi connectivity index (χ0) is 24.1. The summed E-state index contributed by atoms with van der Waals surface area (Å²) in [5.74, 6) is 1.58. The summed E-state index contributed by atoms with van der Waals surface area (Å²) in [6.45, 7) is 9.98. The number of aromatic nitrogens is 1. The van der Waals surface area contributed by atoms with Gasteiger partial charge in [-0.25, -0.2) is 4.98 Å². The molecule has 0 radical (unpaired) electrons. The molecule has 1 fully saturated rings. The average molecular weight is 484 g/mol. The Morgan fingerprint density at radius 1 is 1.21 bits per heavy atom. The van der Waals surface area contributed by atoms with E-state index >= 15 is 0 Å². The molecule has 0 saturated carbocycles. The van der Waals surface area contributed by atoms with Crippen LogP contribution in [0.15, 0.2) is 46.3 Å². The Morgan fingerprint density at radius 3 is 2.74 bits per heavy atom. The number of anilines is 2. The van der Waals surface area contributed by atoms with Gasteiger partial charge in [0, 0.05) is 24.7 Å². The summed E-state index contributed by atoms with van der Waals surface area (Å²) in [6.07, 6.45) is 6.20. The van der Waals surface area contributed by atoms with Gasteiger partial charge < -0.3 is 14.4 Å². The lowest BCUT2D eigenvalue weighted by Gasteiger charge is -2.34. The van der Waals surface area contributed by atoms with Crippen LogP contribution in [-0.2, 0) is 20.8 Å². The molecule has 0 N–H and O–H groups in total. The summed E-state index contributed by atoms with van der Waals surface area (Å²) in [6, 6.07) is 10.9. The van der Waals surface area contributed by atoms with Crippen molar-refractivity contribution < 1.29 is 14.3 Å². The quantitative estimate of drug-likeness (QED) is 0.414. The number of carbonyl (C=O) groups is 1. The number of likely N-dealkylation sites (tertiary alicyclic amines) is 1. The Kier molecular flexibility index (Phi) is 8.17. The van der Waals surface area contributed by atoms with Crippen LogP contribution in [0.3, 0.4) is 0 Å². The van der Waals surface area contributed by atoms with Crippen LogP contribution in [0.1, 0.15) is 52.0 Å². The van der Waals surface area contributed by atoms with Crippen LogP contribution in [0.2, 0.25) is 0 Å². The number of rotatable bonds is 9. The maximum Gasteiger partial charge on any atom is 0.311 e. The molecule has 3 heterocycles. The Hall–Kier alpha value is -2.09. The van der Waals surface area contributed by atoms with Crippen molar-refractivity contribution in [3.05, 3.63) is 42.1 Å². The summed E-state index contributed by atoms with van der Waals surface area (Å²) in [7, 11) is 1.73. The molecule has 7 heteroatoms. The number of nitrogens with zero attached hydrogens (tertiary/aromatic N) is 3.